The molecule has 0 aliphatic rings. The van der Waals surface area contributed by atoms with E-state index in [1.54, 1.807) is 13.8 Å². The van der Waals surface area contributed by atoms with E-state index in [0.717, 1.165) is 0 Å². The van der Waals surface area contributed by atoms with E-state index in [-0.39, 0.29) is 5.92 Å². The smallest absolute Gasteiger partial charge is 0.326 e. The second-order valence-corrected chi connectivity index (χ2v) is 7.71. The lowest BCUT2D eigenvalue weighted by molar-refractivity contribution is -0.144. The van der Waals surface area contributed by atoms with Crippen molar-refractivity contribution in [1.29, 1.82) is 0 Å². The van der Waals surface area contributed by atoms with Gasteiger partial charge in [0.25, 0.3) is 0 Å². The number of carboxylic acid groups (broad SMARTS) is 2. The zero-order valence-corrected chi connectivity index (χ0v) is 18.9. The molecule has 0 aliphatic heterocycles. The molecule has 34 heavy (non-hydrogen) atoms. The van der Waals surface area contributed by atoms with Crippen LogP contribution in [0.25, 0.3) is 0 Å². The predicted molar refractivity (Wildman–Crippen MR) is 115 cm³/mol. The number of aliphatic carboxylic acids is 2. The number of carboxylic acids is 2. The van der Waals surface area contributed by atoms with Crippen LogP contribution in [0.2, 0.25) is 0 Å². The van der Waals surface area contributed by atoms with E-state index in [4.69, 9.17) is 27.4 Å². The summed E-state index contributed by atoms with van der Waals surface area (Å²) in [6.45, 7) is 3.49. The van der Waals surface area contributed by atoms with Gasteiger partial charge in [0.2, 0.25) is 29.5 Å². The van der Waals surface area contributed by atoms with Crippen molar-refractivity contribution in [2.24, 2.45) is 23.1 Å². The molecule has 0 radical (unpaired) electrons. The van der Waals surface area contributed by atoms with Crippen LogP contribution in [0.15, 0.2) is 0 Å². The largest absolute Gasteiger partial charge is 0.481 e. The molecule has 5 atom stereocenters. The Bertz CT molecular complexity index is 803. The maximum atomic E-state index is 12.7. The monoisotopic (exact) mass is 488 g/mol. The van der Waals surface area contributed by atoms with Gasteiger partial charge >= 0.3 is 11.9 Å². The molecule has 5 unspecified atom stereocenters. The van der Waals surface area contributed by atoms with E-state index in [1.165, 1.54) is 0 Å². The van der Waals surface area contributed by atoms with Crippen LogP contribution < -0.4 is 33.2 Å². The molecule has 0 bridgehead atoms. The summed E-state index contributed by atoms with van der Waals surface area (Å²) in [6, 6.07) is -5.87. The van der Waals surface area contributed by atoms with E-state index >= 15 is 0 Å². The SMILES string of the molecule is CCC(C)C(N)C(=O)NC(CC(N)=O)C(=O)NC(CCC(=O)O)C(=O)NC(CC(N)=O)C(=O)O. The molecular formula is C19H32N6O9. The Morgan fingerprint density at radius 3 is 1.65 bits per heavy atom. The number of carbonyl (C=O) groups is 7. The first kappa shape index (κ1) is 30.2. The minimum Gasteiger partial charge on any atom is -0.481 e. The molecule has 0 aromatic heterocycles. The highest BCUT2D eigenvalue weighted by atomic mass is 16.4. The van der Waals surface area contributed by atoms with E-state index in [0.29, 0.717) is 6.42 Å². The molecule has 0 aromatic carbocycles. The van der Waals surface area contributed by atoms with Gasteiger partial charge in [-0.05, 0) is 12.3 Å². The average molecular weight is 488 g/mol. The fourth-order valence-electron chi connectivity index (χ4n) is 2.67. The summed E-state index contributed by atoms with van der Waals surface area (Å²) in [4.78, 5) is 82.3. The highest BCUT2D eigenvalue weighted by Gasteiger charge is 2.32. The minimum absolute atomic E-state index is 0.260. The van der Waals surface area contributed by atoms with Crippen molar-refractivity contribution in [2.75, 3.05) is 0 Å². The number of nitrogens with two attached hydrogens (primary N) is 3. The fraction of sp³-hybridized carbons (Fsp3) is 0.632. The van der Waals surface area contributed by atoms with E-state index in [2.05, 4.69) is 10.6 Å². The van der Waals surface area contributed by atoms with E-state index in [9.17, 15) is 33.6 Å². The first-order chi connectivity index (χ1) is 15.7. The number of hydrogen-bond donors (Lipinski definition) is 8. The molecule has 0 heterocycles. The molecule has 5 amide bonds. The zero-order chi connectivity index (χ0) is 26.6. The molecule has 192 valence electrons. The average Bonchev–Trinajstić information content (AvgIpc) is 2.73. The van der Waals surface area contributed by atoms with Gasteiger partial charge < -0.3 is 43.4 Å². The maximum absolute atomic E-state index is 12.7. The normalized spacial score (nSPS) is 15.0. The summed E-state index contributed by atoms with van der Waals surface area (Å²) in [5.74, 6) is -8.09. The Balaban J connectivity index is 5.65. The molecule has 11 N–H and O–H groups in total. The molecule has 0 aliphatic carbocycles. The van der Waals surface area contributed by atoms with Crippen LogP contribution >= 0.6 is 0 Å². The van der Waals surface area contributed by atoms with Crippen LogP contribution in [-0.2, 0) is 33.6 Å². The van der Waals surface area contributed by atoms with Gasteiger partial charge in [0.05, 0.1) is 18.9 Å². The molecule has 0 saturated carbocycles. The maximum Gasteiger partial charge on any atom is 0.326 e. The lowest BCUT2D eigenvalue weighted by Gasteiger charge is -2.25. The Kier molecular flexibility index (Phi) is 12.8. The van der Waals surface area contributed by atoms with Gasteiger partial charge in [0.15, 0.2) is 0 Å². The molecule has 15 heteroatoms. The van der Waals surface area contributed by atoms with Crippen molar-refractivity contribution in [3.8, 4) is 0 Å². The van der Waals surface area contributed by atoms with Crippen LogP contribution in [0.4, 0.5) is 0 Å². The number of nitrogens with one attached hydrogen (secondary N) is 3. The summed E-state index contributed by atoms with van der Waals surface area (Å²) in [7, 11) is 0. The first-order valence-electron chi connectivity index (χ1n) is 10.4. The number of hydrogen-bond acceptors (Lipinski definition) is 8. The van der Waals surface area contributed by atoms with E-state index < -0.39 is 91.3 Å². The van der Waals surface area contributed by atoms with Gasteiger partial charge in [0.1, 0.15) is 18.1 Å². The zero-order valence-electron chi connectivity index (χ0n) is 18.9. The predicted octanol–water partition coefficient (Wildman–Crippen LogP) is -3.49. The summed E-state index contributed by atoms with van der Waals surface area (Å²) in [5.41, 5.74) is 15.9. The van der Waals surface area contributed by atoms with Gasteiger partial charge in [-0.1, -0.05) is 20.3 Å². The second kappa shape index (κ2) is 14.4. The molecule has 0 aromatic rings. The third-order valence-corrected chi connectivity index (χ3v) is 4.90. The van der Waals surface area contributed by atoms with E-state index in [1.807, 2.05) is 5.32 Å². The lowest BCUT2D eigenvalue weighted by Crippen LogP contribution is -2.58. The van der Waals surface area contributed by atoms with Crippen molar-refractivity contribution in [3.05, 3.63) is 0 Å². The lowest BCUT2D eigenvalue weighted by atomic mass is 9.99. The van der Waals surface area contributed by atoms with Crippen LogP contribution in [0, 0.1) is 5.92 Å². The highest BCUT2D eigenvalue weighted by molar-refractivity contribution is 5.96. The molecule has 15 nitrogen and oxygen atoms in total. The van der Waals surface area contributed by atoms with Gasteiger partial charge in [-0.2, -0.15) is 0 Å². The quantitative estimate of drug-likeness (QED) is 0.106. The highest BCUT2D eigenvalue weighted by Crippen LogP contribution is 2.07. The Hall–Kier alpha value is -3.75. The van der Waals surface area contributed by atoms with Crippen molar-refractivity contribution in [2.45, 2.75) is 70.1 Å². The Morgan fingerprint density at radius 1 is 0.765 bits per heavy atom. The molecule has 0 saturated heterocycles. The molecular weight excluding hydrogens is 456 g/mol. The number of amides is 5. The molecule has 0 rings (SSSR count). The number of rotatable bonds is 16. The van der Waals surface area contributed by atoms with Crippen molar-refractivity contribution in [3.63, 3.8) is 0 Å². The van der Waals surface area contributed by atoms with Gasteiger partial charge in [-0.25, -0.2) is 4.79 Å². The van der Waals surface area contributed by atoms with Crippen LogP contribution in [0.1, 0.15) is 46.0 Å². The summed E-state index contributed by atoms with van der Waals surface area (Å²) in [5, 5.41) is 24.5. The third-order valence-electron chi connectivity index (χ3n) is 4.90. The van der Waals surface area contributed by atoms with Crippen LogP contribution in [-0.4, -0.2) is 75.9 Å². The Morgan fingerprint density at radius 2 is 1.21 bits per heavy atom. The Labute approximate surface area is 195 Å². The minimum atomic E-state index is -1.73. The molecule has 0 spiro atoms. The first-order valence-corrected chi connectivity index (χ1v) is 10.4. The van der Waals surface area contributed by atoms with Crippen molar-refractivity contribution in [1.82, 2.24) is 16.0 Å². The number of primary amides is 2. The van der Waals surface area contributed by atoms with Crippen molar-refractivity contribution >= 4 is 41.5 Å². The fourth-order valence-corrected chi connectivity index (χ4v) is 2.67. The second-order valence-electron chi connectivity index (χ2n) is 7.71. The summed E-state index contributed by atoms with van der Waals surface area (Å²) in [6.07, 6.45) is -1.93. The summed E-state index contributed by atoms with van der Waals surface area (Å²) >= 11 is 0. The topological polar surface area (TPSA) is 274 Å². The van der Waals surface area contributed by atoms with Gasteiger partial charge in [0, 0.05) is 6.42 Å². The summed E-state index contributed by atoms with van der Waals surface area (Å²) < 4.78 is 0. The van der Waals surface area contributed by atoms with Crippen LogP contribution in [0.3, 0.4) is 0 Å². The number of carbonyl (C=O) groups excluding carboxylic acids is 5. The van der Waals surface area contributed by atoms with Crippen molar-refractivity contribution < 1.29 is 43.8 Å². The van der Waals surface area contributed by atoms with Crippen LogP contribution in [0.5, 0.6) is 0 Å². The standard InChI is InChI=1S/C19H32N6O9/c1-3-8(2)15(22)18(32)24-10(6-12(20)26)17(31)23-9(4-5-14(28)29)16(30)25-11(19(33)34)7-13(21)27/h8-11,15H,3-7,22H2,1-2H3,(H2,20,26)(H2,21,27)(H,23,31)(H,24,32)(H,25,30)(H,28,29)(H,33,34). The molecule has 0 fully saturated rings. The van der Waals surface area contributed by atoms with Gasteiger partial charge in [-0.15, -0.1) is 0 Å². The third kappa shape index (κ3) is 11.2. The van der Waals surface area contributed by atoms with Gasteiger partial charge in [-0.3, -0.25) is 28.8 Å².